The van der Waals surface area contributed by atoms with Crippen LogP contribution in [0.5, 0.6) is 0 Å². The molecule has 4 nitrogen and oxygen atoms in total. The first kappa shape index (κ1) is 15.7. The third-order valence-corrected chi connectivity index (χ3v) is 4.61. The summed E-state index contributed by atoms with van der Waals surface area (Å²) >= 11 is 1.39. The number of aliphatic hydroxyl groups is 1. The van der Waals surface area contributed by atoms with Crippen LogP contribution in [-0.4, -0.2) is 19.9 Å². The lowest BCUT2D eigenvalue weighted by atomic mass is 10.1. The van der Waals surface area contributed by atoms with E-state index in [1.165, 1.54) is 17.8 Å². The summed E-state index contributed by atoms with van der Waals surface area (Å²) in [6, 6.07) is 16.0. The first-order valence-electron chi connectivity index (χ1n) is 7.15. The van der Waals surface area contributed by atoms with E-state index in [-0.39, 0.29) is 5.82 Å². The minimum absolute atomic E-state index is 0.230. The fourth-order valence-corrected chi connectivity index (χ4v) is 3.14. The molecule has 1 heterocycles. The second kappa shape index (κ2) is 6.93. The second-order valence-electron chi connectivity index (χ2n) is 5.09. The molecular weight excluding hydrogens is 313 g/mol. The van der Waals surface area contributed by atoms with Gasteiger partial charge < -0.3 is 9.67 Å². The molecule has 118 valence electrons. The van der Waals surface area contributed by atoms with Gasteiger partial charge in [0.05, 0.1) is 0 Å². The highest BCUT2D eigenvalue weighted by atomic mass is 32.2. The summed E-state index contributed by atoms with van der Waals surface area (Å²) in [5.74, 6) is 0.694. The average Bonchev–Trinajstić information content (AvgIpc) is 2.95. The summed E-state index contributed by atoms with van der Waals surface area (Å²) in [4.78, 5) is 0. The van der Waals surface area contributed by atoms with Gasteiger partial charge in [-0.15, -0.1) is 10.2 Å². The van der Waals surface area contributed by atoms with E-state index in [9.17, 15) is 9.50 Å². The van der Waals surface area contributed by atoms with Crippen LogP contribution in [0.25, 0.3) is 0 Å². The molecule has 23 heavy (non-hydrogen) atoms. The molecule has 0 spiro atoms. The van der Waals surface area contributed by atoms with E-state index in [0.29, 0.717) is 22.3 Å². The fraction of sp³-hybridized carbons (Fsp3) is 0.176. The Morgan fingerprint density at radius 1 is 1.09 bits per heavy atom. The van der Waals surface area contributed by atoms with Gasteiger partial charge in [-0.2, -0.15) is 0 Å². The summed E-state index contributed by atoms with van der Waals surface area (Å²) in [6.07, 6.45) is -0.837. The smallest absolute Gasteiger partial charge is 0.191 e. The Kier molecular flexibility index (Phi) is 4.73. The Labute approximate surface area is 138 Å². The Hall–Kier alpha value is -2.18. The summed E-state index contributed by atoms with van der Waals surface area (Å²) in [7, 11) is 1.80. The van der Waals surface area contributed by atoms with Gasteiger partial charge in [0, 0.05) is 12.8 Å². The van der Waals surface area contributed by atoms with Crippen LogP contribution >= 0.6 is 11.8 Å². The highest BCUT2D eigenvalue weighted by Gasteiger charge is 2.19. The molecule has 0 radical (unpaired) electrons. The van der Waals surface area contributed by atoms with Gasteiger partial charge in [0.15, 0.2) is 11.0 Å². The second-order valence-corrected chi connectivity index (χ2v) is 6.04. The van der Waals surface area contributed by atoms with Crippen molar-refractivity contribution in [3.8, 4) is 0 Å². The van der Waals surface area contributed by atoms with E-state index in [4.69, 9.17) is 0 Å². The number of rotatable bonds is 5. The van der Waals surface area contributed by atoms with E-state index in [2.05, 4.69) is 10.2 Å². The Balaban J connectivity index is 1.76. The summed E-state index contributed by atoms with van der Waals surface area (Å²) in [5, 5.41) is 19.2. The lowest BCUT2D eigenvalue weighted by Crippen LogP contribution is -2.07. The number of thioether (sulfide) groups is 1. The van der Waals surface area contributed by atoms with E-state index in [1.54, 1.807) is 29.8 Å². The number of aliphatic hydroxyl groups excluding tert-OH is 1. The van der Waals surface area contributed by atoms with Crippen molar-refractivity contribution in [2.45, 2.75) is 17.0 Å². The quantitative estimate of drug-likeness (QED) is 0.730. The monoisotopic (exact) mass is 329 g/mol. The number of aromatic nitrogens is 3. The molecule has 6 heteroatoms. The van der Waals surface area contributed by atoms with E-state index in [0.717, 1.165) is 5.56 Å². The summed E-state index contributed by atoms with van der Waals surface area (Å²) < 4.78 is 15.4. The molecule has 0 aliphatic carbocycles. The number of benzene rings is 2. The zero-order valence-corrected chi connectivity index (χ0v) is 13.4. The number of hydrogen-bond donors (Lipinski definition) is 1. The minimum atomic E-state index is -0.837. The van der Waals surface area contributed by atoms with Crippen LogP contribution in [0.15, 0.2) is 59.8 Å². The SMILES string of the molecule is Cn1c(SCc2ccccc2F)nnc1[C@H](O)c1ccccc1. The maximum absolute atomic E-state index is 13.7. The molecule has 1 aromatic heterocycles. The average molecular weight is 329 g/mol. The van der Waals surface area contributed by atoms with Crippen LogP contribution < -0.4 is 0 Å². The third kappa shape index (κ3) is 3.43. The van der Waals surface area contributed by atoms with Gasteiger partial charge in [0.1, 0.15) is 11.9 Å². The molecule has 1 N–H and O–H groups in total. The normalized spacial score (nSPS) is 12.3. The van der Waals surface area contributed by atoms with Crippen molar-refractivity contribution in [1.29, 1.82) is 0 Å². The predicted molar refractivity (Wildman–Crippen MR) is 87.5 cm³/mol. The highest BCUT2D eigenvalue weighted by Crippen LogP contribution is 2.26. The van der Waals surface area contributed by atoms with Gasteiger partial charge in [-0.25, -0.2) is 4.39 Å². The number of halogens is 1. The first-order valence-corrected chi connectivity index (χ1v) is 8.14. The van der Waals surface area contributed by atoms with Gasteiger partial charge in [-0.3, -0.25) is 0 Å². The molecule has 3 rings (SSSR count). The zero-order chi connectivity index (χ0) is 16.2. The van der Waals surface area contributed by atoms with Crippen molar-refractivity contribution in [3.63, 3.8) is 0 Å². The largest absolute Gasteiger partial charge is 0.380 e. The van der Waals surface area contributed by atoms with Crippen molar-refractivity contribution in [1.82, 2.24) is 14.8 Å². The molecule has 1 atom stereocenters. The van der Waals surface area contributed by atoms with Crippen LogP contribution in [0.3, 0.4) is 0 Å². The van der Waals surface area contributed by atoms with Crippen molar-refractivity contribution < 1.29 is 9.50 Å². The predicted octanol–water partition coefficient (Wildman–Crippen LogP) is 3.33. The summed E-state index contributed by atoms with van der Waals surface area (Å²) in [6.45, 7) is 0. The Morgan fingerprint density at radius 3 is 2.52 bits per heavy atom. The minimum Gasteiger partial charge on any atom is -0.380 e. The molecule has 0 saturated heterocycles. The molecule has 0 bridgehead atoms. The van der Waals surface area contributed by atoms with Gasteiger partial charge in [0.2, 0.25) is 0 Å². The maximum Gasteiger partial charge on any atom is 0.191 e. The van der Waals surface area contributed by atoms with Gasteiger partial charge in [0.25, 0.3) is 0 Å². The zero-order valence-electron chi connectivity index (χ0n) is 12.6. The molecule has 2 aromatic carbocycles. The molecule has 0 fully saturated rings. The van der Waals surface area contributed by atoms with Crippen molar-refractivity contribution >= 4 is 11.8 Å². The van der Waals surface area contributed by atoms with Gasteiger partial charge >= 0.3 is 0 Å². The number of hydrogen-bond acceptors (Lipinski definition) is 4. The van der Waals surface area contributed by atoms with Crippen molar-refractivity contribution in [2.75, 3.05) is 0 Å². The van der Waals surface area contributed by atoms with Gasteiger partial charge in [-0.1, -0.05) is 60.3 Å². The standard InChI is InChI=1S/C17H16FN3OS/c1-21-16(15(22)12-7-3-2-4-8-12)19-20-17(21)23-11-13-9-5-6-10-14(13)18/h2-10,15,22H,11H2,1H3/t15-/m1/s1. The molecule has 0 aliphatic heterocycles. The highest BCUT2D eigenvalue weighted by molar-refractivity contribution is 7.98. The van der Waals surface area contributed by atoms with Crippen LogP contribution in [-0.2, 0) is 12.8 Å². The van der Waals surface area contributed by atoms with Gasteiger partial charge in [-0.05, 0) is 17.2 Å². The van der Waals surface area contributed by atoms with Crippen molar-refractivity contribution in [2.24, 2.45) is 7.05 Å². The van der Waals surface area contributed by atoms with E-state index >= 15 is 0 Å². The molecule has 0 saturated carbocycles. The fourth-order valence-electron chi connectivity index (χ4n) is 2.23. The number of nitrogens with zero attached hydrogens (tertiary/aromatic N) is 3. The molecular formula is C17H16FN3OS. The Bertz CT molecular complexity index is 792. The van der Waals surface area contributed by atoms with Crippen LogP contribution in [0, 0.1) is 5.82 Å². The molecule has 3 aromatic rings. The maximum atomic E-state index is 13.7. The van der Waals surface area contributed by atoms with Crippen molar-refractivity contribution in [3.05, 3.63) is 77.4 Å². The van der Waals surface area contributed by atoms with Crippen LogP contribution in [0.2, 0.25) is 0 Å². The topological polar surface area (TPSA) is 50.9 Å². The molecule has 0 amide bonds. The van der Waals surface area contributed by atoms with Crippen LogP contribution in [0.1, 0.15) is 23.1 Å². The Morgan fingerprint density at radius 2 is 1.78 bits per heavy atom. The molecule has 0 aliphatic rings. The third-order valence-electron chi connectivity index (χ3n) is 3.54. The lowest BCUT2D eigenvalue weighted by molar-refractivity contribution is 0.205. The summed E-state index contributed by atoms with van der Waals surface area (Å²) in [5.41, 5.74) is 1.37. The van der Waals surface area contributed by atoms with E-state index < -0.39 is 6.10 Å². The van der Waals surface area contributed by atoms with E-state index in [1.807, 2.05) is 30.3 Å². The van der Waals surface area contributed by atoms with Crippen LogP contribution in [0.4, 0.5) is 4.39 Å². The lowest BCUT2D eigenvalue weighted by Gasteiger charge is -2.10. The molecule has 0 unspecified atom stereocenters. The first-order chi connectivity index (χ1) is 11.2.